The summed E-state index contributed by atoms with van der Waals surface area (Å²) in [6.07, 6.45) is 1.71. The minimum absolute atomic E-state index is 0.313. The second-order valence-electron chi connectivity index (χ2n) is 5.10. The molecule has 8 heteroatoms. The first-order valence-corrected chi connectivity index (χ1v) is 7.14. The summed E-state index contributed by atoms with van der Waals surface area (Å²) in [5.74, 6) is 2.45. The molecule has 0 bridgehead atoms. The van der Waals surface area contributed by atoms with Crippen LogP contribution in [0.5, 0.6) is 5.88 Å². The van der Waals surface area contributed by atoms with Gasteiger partial charge in [0, 0.05) is 50.2 Å². The minimum Gasteiger partial charge on any atom is -0.481 e. The number of anilines is 3. The molecule has 0 unspecified atom stereocenters. The summed E-state index contributed by atoms with van der Waals surface area (Å²) < 4.78 is 5.14. The third kappa shape index (κ3) is 3.00. The second-order valence-corrected chi connectivity index (χ2v) is 5.10. The molecule has 1 aliphatic rings. The van der Waals surface area contributed by atoms with Gasteiger partial charge in [-0.3, -0.25) is 0 Å². The number of aromatic nitrogens is 4. The average molecular weight is 301 g/mol. The first-order valence-electron chi connectivity index (χ1n) is 7.14. The quantitative estimate of drug-likeness (QED) is 0.875. The monoisotopic (exact) mass is 301 g/mol. The van der Waals surface area contributed by atoms with Crippen molar-refractivity contribution >= 4 is 17.7 Å². The molecule has 0 aliphatic carbocycles. The fourth-order valence-corrected chi connectivity index (χ4v) is 2.47. The van der Waals surface area contributed by atoms with E-state index in [0.29, 0.717) is 17.8 Å². The van der Waals surface area contributed by atoms with Crippen LogP contribution >= 0.6 is 0 Å². The largest absolute Gasteiger partial charge is 0.481 e. The fourth-order valence-electron chi connectivity index (χ4n) is 2.47. The zero-order valence-electron chi connectivity index (χ0n) is 12.7. The van der Waals surface area contributed by atoms with E-state index < -0.39 is 0 Å². The van der Waals surface area contributed by atoms with Crippen molar-refractivity contribution in [2.24, 2.45) is 0 Å². The molecule has 0 atom stereocenters. The molecule has 3 rings (SSSR count). The zero-order chi connectivity index (χ0) is 15.5. The molecule has 3 heterocycles. The van der Waals surface area contributed by atoms with E-state index in [0.717, 1.165) is 37.7 Å². The molecule has 0 spiro atoms. The lowest BCUT2D eigenvalue weighted by atomic mass is 10.3. The molecular weight excluding hydrogens is 282 g/mol. The van der Waals surface area contributed by atoms with E-state index in [4.69, 9.17) is 10.5 Å². The summed E-state index contributed by atoms with van der Waals surface area (Å²) in [5.41, 5.74) is 6.60. The maximum Gasteiger partial charge on any atom is 0.228 e. The van der Waals surface area contributed by atoms with Gasteiger partial charge in [-0.1, -0.05) is 0 Å². The second kappa shape index (κ2) is 6.00. The number of nitrogens with zero attached hydrogens (tertiary/aromatic N) is 6. The number of ether oxygens (including phenoxy) is 1. The van der Waals surface area contributed by atoms with Gasteiger partial charge in [0.15, 0.2) is 0 Å². The Bertz CT molecular complexity index is 635. The van der Waals surface area contributed by atoms with E-state index in [1.54, 1.807) is 19.4 Å². The van der Waals surface area contributed by atoms with Gasteiger partial charge in [-0.2, -0.15) is 9.97 Å². The Morgan fingerprint density at radius 3 is 2.50 bits per heavy atom. The lowest BCUT2D eigenvalue weighted by Gasteiger charge is -2.35. The van der Waals surface area contributed by atoms with E-state index in [9.17, 15) is 0 Å². The van der Waals surface area contributed by atoms with E-state index in [1.165, 1.54) is 0 Å². The molecule has 1 saturated heterocycles. The van der Waals surface area contributed by atoms with Crippen molar-refractivity contribution in [3.05, 3.63) is 24.0 Å². The summed E-state index contributed by atoms with van der Waals surface area (Å²) >= 11 is 0. The van der Waals surface area contributed by atoms with E-state index in [2.05, 4.69) is 29.7 Å². The molecule has 116 valence electrons. The van der Waals surface area contributed by atoms with Crippen molar-refractivity contribution in [3.63, 3.8) is 0 Å². The summed E-state index contributed by atoms with van der Waals surface area (Å²) in [5, 5.41) is 0. The summed E-state index contributed by atoms with van der Waals surface area (Å²) in [7, 11) is 1.60. The lowest BCUT2D eigenvalue weighted by Crippen LogP contribution is -2.47. The smallest absolute Gasteiger partial charge is 0.228 e. The van der Waals surface area contributed by atoms with Gasteiger partial charge in [0.1, 0.15) is 5.82 Å². The molecule has 1 fully saturated rings. The molecule has 2 aromatic rings. The molecular formula is C14H19N7O. The molecule has 0 amide bonds. The third-order valence-electron chi connectivity index (χ3n) is 3.57. The van der Waals surface area contributed by atoms with Crippen LogP contribution in [-0.4, -0.2) is 53.2 Å². The number of rotatable bonds is 3. The van der Waals surface area contributed by atoms with Gasteiger partial charge < -0.3 is 20.3 Å². The minimum atomic E-state index is 0.313. The highest BCUT2D eigenvalue weighted by atomic mass is 16.5. The van der Waals surface area contributed by atoms with Crippen LogP contribution in [0.15, 0.2) is 18.3 Å². The highest BCUT2D eigenvalue weighted by Crippen LogP contribution is 2.19. The number of hydrogen-bond donors (Lipinski definition) is 1. The number of hydrogen-bond acceptors (Lipinski definition) is 8. The standard InChI is InChI=1S/C14H19N7O/c1-10-9-11(18-13(15)17-10)20-5-7-21(8-6-20)14-16-4-3-12(19-14)22-2/h3-4,9H,5-8H2,1-2H3,(H2,15,17,18). The van der Waals surface area contributed by atoms with Crippen LogP contribution in [0.2, 0.25) is 0 Å². The van der Waals surface area contributed by atoms with Crippen molar-refractivity contribution in [1.82, 2.24) is 19.9 Å². The fraction of sp³-hybridized carbons (Fsp3) is 0.429. The van der Waals surface area contributed by atoms with Gasteiger partial charge in [-0.25, -0.2) is 9.97 Å². The predicted molar refractivity (Wildman–Crippen MR) is 84.2 cm³/mol. The van der Waals surface area contributed by atoms with Crippen LogP contribution in [0.4, 0.5) is 17.7 Å². The maximum atomic E-state index is 5.72. The van der Waals surface area contributed by atoms with Crippen LogP contribution in [-0.2, 0) is 0 Å². The van der Waals surface area contributed by atoms with E-state index >= 15 is 0 Å². The first-order chi connectivity index (χ1) is 10.7. The van der Waals surface area contributed by atoms with Crippen molar-refractivity contribution < 1.29 is 4.74 Å². The molecule has 22 heavy (non-hydrogen) atoms. The van der Waals surface area contributed by atoms with Crippen LogP contribution in [0, 0.1) is 6.92 Å². The van der Waals surface area contributed by atoms with Gasteiger partial charge in [0.05, 0.1) is 7.11 Å². The van der Waals surface area contributed by atoms with Crippen LogP contribution in [0.25, 0.3) is 0 Å². The predicted octanol–water partition coefficient (Wildman–Crippen LogP) is 0.492. The first kappa shape index (κ1) is 14.3. The number of methoxy groups -OCH3 is 1. The van der Waals surface area contributed by atoms with Gasteiger partial charge in [0.2, 0.25) is 17.8 Å². The van der Waals surface area contributed by atoms with Gasteiger partial charge >= 0.3 is 0 Å². The van der Waals surface area contributed by atoms with Gasteiger partial charge in [-0.15, -0.1) is 0 Å². The summed E-state index contributed by atoms with van der Waals surface area (Å²) in [6.45, 7) is 5.21. The summed E-state index contributed by atoms with van der Waals surface area (Å²) in [6, 6.07) is 3.69. The van der Waals surface area contributed by atoms with Gasteiger partial charge in [0.25, 0.3) is 0 Å². The van der Waals surface area contributed by atoms with Crippen LogP contribution in [0.3, 0.4) is 0 Å². The number of nitrogen functional groups attached to an aromatic ring is 1. The normalized spacial score (nSPS) is 15.0. The third-order valence-corrected chi connectivity index (χ3v) is 3.57. The highest BCUT2D eigenvalue weighted by molar-refractivity contribution is 5.46. The Kier molecular flexibility index (Phi) is 3.90. The Morgan fingerprint density at radius 2 is 1.82 bits per heavy atom. The molecule has 1 aliphatic heterocycles. The number of aryl methyl sites for hydroxylation is 1. The van der Waals surface area contributed by atoms with Crippen LogP contribution in [0.1, 0.15) is 5.69 Å². The molecule has 0 radical (unpaired) electrons. The molecule has 2 N–H and O–H groups in total. The lowest BCUT2D eigenvalue weighted by molar-refractivity contribution is 0.396. The van der Waals surface area contributed by atoms with Crippen molar-refractivity contribution in [2.45, 2.75) is 6.92 Å². The topological polar surface area (TPSA) is 93.3 Å². The van der Waals surface area contributed by atoms with Crippen LogP contribution < -0.4 is 20.3 Å². The highest BCUT2D eigenvalue weighted by Gasteiger charge is 2.20. The SMILES string of the molecule is COc1ccnc(N2CCN(c3cc(C)nc(N)n3)CC2)n1. The van der Waals surface area contributed by atoms with E-state index in [1.807, 2.05) is 13.0 Å². The van der Waals surface area contributed by atoms with Gasteiger partial charge in [-0.05, 0) is 6.92 Å². The Balaban J connectivity index is 1.69. The molecule has 0 aromatic carbocycles. The van der Waals surface area contributed by atoms with E-state index in [-0.39, 0.29) is 0 Å². The molecule has 0 saturated carbocycles. The number of piperazine rings is 1. The molecule has 8 nitrogen and oxygen atoms in total. The molecule has 2 aromatic heterocycles. The average Bonchev–Trinajstić information content (AvgIpc) is 2.54. The zero-order valence-corrected chi connectivity index (χ0v) is 12.7. The maximum absolute atomic E-state index is 5.72. The number of nitrogens with two attached hydrogens (primary N) is 1. The Morgan fingerprint density at radius 1 is 1.09 bits per heavy atom. The van der Waals surface area contributed by atoms with Crippen molar-refractivity contribution in [2.75, 3.05) is 48.8 Å². The summed E-state index contributed by atoms with van der Waals surface area (Å²) in [4.78, 5) is 21.4. The van der Waals surface area contributed by atoms with Crippen molar-refractivity contribution in [1.29, 1.82) is 0 Å². The van der Waals surface area contributed by atoms with Crippen molar-refractivity contribution in [3.8, 4) is 5.88 Å². The Hall–Kier alpha value is -2.64. The Labute approximate surface area is 129 Å².